The maximum atomic E-state index is 10.8. The number of aromatic hydroxyl groups is 1. The van der Waals surface area contributed by atoms with Crippen molar-refractivity contribution < 1.29 is 14.8 Å². The molecule has 6 nitrogen and oxygen atoms in total. The van der Waals surface area contributed by atoms with Crippen LogP contribution in [0, 0.1) is 10.1 Å². The van der Waals surface area contributed by atoms with Crippen molar-refractivity contribution in [3.63, 3.8) is 0 Å². The van der Waals surface area contributed by atoms with Gasteiger partial charge in [-0.1, -0.05) is 12.1 Å². The van der Waals surface area contributed by atoms with E-state index in [0.29, 0.717) is 23.6 Å². The molecule has 2 rings (SSSR count). The van der Waals surface area contributed by atoms with E-state index >= 15 is 0 Å². The van der Waals surface area contributed by atoms with Crippen molar-refractivity contribution >= 4 is 17.6 Å². The maximum absolute atomic E-state index is 10.8. The molecule has 1 N–H and O–H groups in total. The number of hydrogen-bond donors (Lipinski definition) is 1. The molecule has 0 heterocycles. The van der Waals surface area contributed by atoms with Crippen molar-refractivity contribution in [3.05, 3.63) is 58.1 Å². The van der Waals surface area contributed by atoms with Gasteiger partial charge in [0.2, 0.25) is 0 Å². The van der Waals surface area contributed by atoms with Crippen molar-refractivity contribution in [2.75, 3.05) is 6.61 Å². The van der Waals surface area contributed by atoms with Crippen LogP contribution >= 0.6 is 0 Å². The standard InChI is InChI=1S/C15H14N2O4/c1-2-21-15-6-4-3-5-12(15)16-10-11-7-8-14(18)13(9-11)17(19)20/h3-10,18H,2H2,1H3. The van der Waals surface area contributed by atoms with Crippen LogP contribution in [0.4, 0.5) is 11.4 Å². The molecule has 0 atom stereocenters. The molecule has 6 heteroatoms. The van der Waals surface area contributed by atoms with Gasteiger partial charge in [-0.05, 0) is 36.8 Å². The van der Waals surface area contributed by atoms with Gasteiger partial charge in [0, 0.05) is 12.3 Å². The quantitative estimate of drug-likeness (QED) is 0.518. The predicted molar refractivity (Wildman–Crippen MR) is 79.6 cm³/mol. The van der Waals surface area contributed by atoms with E-state index in [1.54, 1.807) is 18.2 Å². The Kier molecular flexibility index (Phi) is 4.50. The molecule has 0 amide bonds. The van der Waals surface area contributed by atoms with Crippen LogP contribution in [0.1, 0.15) is 12.5 Å². The Balaban J connectivity index is 2.30. The van der Waals surface area contributed by atoms with Crippen molar-refractivity contribution in [2.24, 2.45) is 4.99 Å². The van der Waals surface area contributed by atoms with Gasteiger partial charge in [0.15, 0.2) is 5.75 Å². The lowest BCUT2D eigenvalue weighted by molar-refractivity contribution is -0.385. The third-order valence-corrected chi connectivity index (χ3v) is 2.71. The molecule has 0 aromatic heterocycles. The zero-order chi connectivity index (χ0) is 15.2. The van der Waals surface area contributed by atoms with Crippen molar-refractivity contribution in [1.82, 2.24) is 0 Å². The smallest absolute Gasteiger partial charge is 0.311 e. The van der Waals surface area contributed by atoms with E-state index in [4.69, 9.17) is 4.74 Å². The number of ether oxygens (including phenoxy) is 1. The van der Waals surface area contributed by atoms with E-state index in [1.165, 1.54) is 18.3 Å². The molecule has 0 saturated carbocycles. The van der Waals surface area contributed by atoms with Crippen LogP contribution in [0.3, 0.4) is 0 Å². The molecule has 0 bridgehead atoms. The highest BCUT2D eigenvalue weighted by atomic mass is 16.6. The Morgan fingerprint density at radius 3 is 2.81 bits per heavy atom. The lowest BCUT2D eigenvalue weighted by atomic mass is 10.2. The number of phenols is 1. The van der Waals surface area contributed by atoms with Gasteiger partial charge in [-0.3, -0.25) is 15.1 Å². The molecule has 0 aliphatic heterocycles. The highest BCUT2D eigenvalue weighted by Gasteiger charge is 2.12. The summed E-state index contributed by atoms with van der Waals surface area (Å²) in [4.78, 5) is 14.4. The first-order valence-electron chi connectivity index (χ1n) is 6.35. The average molecular weight is 286 g/mol. The molecule has 0 unspecified atom stereocenters. The summed E-state index contributed by atoms with van der Waals surface area (Å²) in [7, 11) is 0. The number of aliphatic imine (C=N–C) groups is 1. The molecular weight excluding hydrogens is 272 g/mol. The number of benzene rings is 2. The molecule has 0 spiro atoms. The molecule has 0 fully saturated rings. The summed E-state index contributed by atoms with van der Waals surface area (Å²) in [6.45, 7) is 2.40. The normalized spacial score (nSPS) is 10.7. The van der Waals surface area contributed by atoms with E-state index in [0.717, 1.165) is 0 Å². The van der Waals surface area contributed by atoms with Crippen LogP contribution in [0.2, 0.25) is 0 Å². The molecule has 2 aromatic rings. The molecule has 0 aliphatic carbocycles. The minimum absolute atomic E-state index is 0.350. The van der Waals surface area contributed by atoms with E-state index in [2.05, 4.69) is 4.99 Å². The fraction of sp³-hybridized carbons (Fsp3) is 0.133. The van der Waals surface area contributed by atoms with Crippen LogP contribution < -0.4 is 4.74 Å². The van der Waals surface area contributed by atoms with Gasteiger partial charge in [0.1, 0.15) is 11.4 Å². The Hall–Kier alpha value is -2.89. The number of phenolic OH excluding ortho intramolecular Hbond substituents is 1. The van der Waals surface area contributed by atoms with Crippen LogP contribution in [0.5, 0.6) is 11.5 Å². The molecule has 0 aliphatic rings. The summed E-state index contributed by atoms with van der Waals surface area (Å²) in [5, 5.41) is 20.2. The van der Waals surface area contributed by atoms with E-state index in [1.807, 2.05) is 19.1 Å². The Bertz CT molecular complexity index is 683. The van der Waals surface area contributed by atoms with Crippen LogP contribution in [0.25, 0.3) is 0 Å². The molecule has 0 radical (unpaired) electrons. The summed E-state index contributed by atoms with van der Waals surface area (Å²) in [6.07, 6.45) is 1.49. The van der Waals surface area contributed by atoms with Gasteiger partial charge >= 0.3 is 5.69 Å². The second kappa shape index (κ2) is 6.51. The monoisotopic (exact) mass is 286 g/mol. The Labute approximate surface area is 121 Å². The topological polar surface area (TPSA) is 85.0 Å². The van der Waals surface area contributed by atoms with Crippen LogP contribution in [-0.2, 0) is 0 Å². The van der Waals surface area contributed by atoms with Gasteiger partial charge in [0.05, 0.1) is 11.5 Å². The summed E-state index contributed by atoms with van der Waals surface area (Å²) >= 11 is 0. The lowest BCUT2D eigenvalue weighted by Gasteiger charge is -2.05. The second-order valence-corrected chi connectivity index (χ2v) is 4.16. The van der Waals surface area contributed by atoms with Gasteiger partial charge < -0.3 is 9.84 Å². The fourth-order valence-electron chi connectivity index (χ4n) is 1.75. The third-order valence-electron chi connectivity index (χ3n) is 2.71. The number of nitro benzene ring substituents is 1. The summed E-state index contributed by atoms with van der Waals surface area (Å²) < 4.78 is 5.44. The Morgan fingerprint density at radius 1 is 1.33 bits per heavy atom. The molecule has 0 saturated heterocycles. The van der Waals surface area contributed by atoms with E-state index in [-0.39, 0.29) is 11.4 Å². The first-order valence-corrected chi connectivity index (χ1v) is 6.35. The summed E-state index contributed by atoms with van der Waals surface area (Å²) in [5.41, 5.74) is 0.804. The highest BCUT2D eigenvalue weighted by Crippen LogP contribution is 2.28. The van der Waals surface area contributed by atoms with Crippen molar-refractivity contribution in [2.45, 2.75) is 6.92 Å². The van der Waals surface area contributed by atoms with Crippen molar-refractivity contribution in [1.29, 1.82) is 0 Å². The average Bonchev–Trinajstić information content (AvgIpc) is 2.47. The van der Waals surface area contributed by atoms with E-state index in [9.17, 15) is 15.2 Å². The van der Waals surface area contributed by atoms with Gasteiger partial charge in [-0.15, -0.1) is 0 Å². The third kappa shape index (κ3) is 3.56. The van der Waals surface area contributed by atoms with Crippen LogP contribution in [0.15, 0.2) is 47.5 Å². The number of rotatable bonds is 5. The SMILES string of the molecule is CCOc1ccccc1N=Cc1ccc(O)c([N+](=O)[O-])c1. The van der Waals surface area contributed by atoms with Gasteiger partial charge in [-0.2, -0.15) is 0 Å². The lowest BCUT2D eigenvalue weighted by Crippen LogP contribution is -1.92. The first kappa shape index (κ1) is 14.5. The number of nitrogens with zero attached hydrogens (tertiary/aromatic N) is 2. The highest BCUT2D eigenvalue weighted by molar-refractivity contribution is 5.84. The molecule has 2 aromatic carbocycles. The predicted octanol–water partition coefficient (Wildman–Crippen LogP) is 3.45. The first-order chi connectivity index (χ1) is 10.1. The minimum atomic E-state index is -0.638. The Morgan fingerprint density at radius 2 is 2.10 bits per heavy atom. The fourth-order valence-corrected chi connectivity index (χ4v) is 1.75. The van der Waals surface area contributed by atoms with Gasteiger partial charge in [-0.25, -0.2) is 0 Å². The van der Waals surface area contributed by atoms with Gasteiger partial charge in [0.25, 0.3) is 0 Å². The molecule has 21 heavy (non-hydrogen) atoms. The zero-order valence-corrected chi connectivity index (χ0v) is 11.4. The maximum Gasteiger partial charge on any atom is 0.311 e. The number of nitro groups is 1. The summed E-state index contributed by atoms with van der Waals surface area (Å²) in [5.74, 6) is 0.274. The van der Waals surface area contributed by atoms with Crippen LogP contribution in [-0.4, -0.2) is 22.9 Å². The van der Waals surface area contributed by atoms with E-state index < -0.39 is 4.92 Å². The summed E-state index contributed by atoms with van der Waals surface area (Å²) in [6, 6.07) is 11.3. The molecule has 108 valence electrons. The van der Waals surface area contributed by atoms with Crippen molar-refractivity contribution in [3.8, 4) is 11.5 Å². The number of para-hydroxylation sites is 2. The number of hydrogen-bond acceptors (Lipinski definition) is 5. The zero-order valence-electron chi connectivity index (χ0n) is 11.4. The minimum Gasteiger partial charge on any atom is -0.502 e. The largest absolute Gasteiger partial charge is 0.502 e. The molecular formula is C15H14N2O4. The second-order valence-electron chi connectivity index (χ2n) is 4.16.